The van der Waals surface area contributed by atoms with Gasteiger partial charge in [-0.05, 0) is 67.8 Å². The molecule has 3 fully saturated rings. The Morgan fingerprint density at radius 2 is 2.00 bits per heavy atom. The highest BCUT2D eigenvalue weighted by molar-refractivity contribution is 5.77. The fourth-order valence-electron chi connectivity index (χ4n) is 6.92. The second kappa shape index (κ2) is 5.09. The maximum Gasteiger partial charge on any atom is 0.311 e. The zero-order chi connectivity index (χ0) is 17.3. The van der Waals surface area contributed by atoms with Gasteiger partial charge in [0.15, 0.2) is 0 Å². The van der Waals surface area contributed by atoms with Crippen LogP contribution in [0.15, 0.2) is 11.6 Å². The van der Waals surface area contributed by atoms with Crippen molar-refractivity contribution in [1.82, 2.24) is 0 Å². The molecule has 1 heterocycles. The van der Waals surface area contributed by atoms with E-state index in [9.17, 15) is 4.79 Å². The smallest absolute Gasteiger partial charge is 0.311 e. The van der Waals surface area contributed by atoms with Crippen molar-refractivity contribution in [2.75, 3.05) is 7.11 Å². The van der Waals surface area contributed by atoms with E-state index in [0.717, 1.165) is 32.1 Å². The van der Waals surface area contributed by atoms with Crippen molar-refractivity contribution in [3.63, 3.8) is 0 Å². The average Bonchev–Trinajstić information content (AvgIpc) is 3.26. The molecule has 2 saturated carbocycles. The van der Waals surface area contributed by atoms with Crippen molar-refractivity contribution in [2.45, 2.75) is 77.9 Å². The lowest BCUT2D eigenvalue weighted by Gasteiger charge is -2.59. The van der Waals surface area contributed by atoms with E-state index in [1.165, 1.54) is 12.0 Å². The Balaban J connectivity index is 1.70. The van der Waals surface area contributed by atoms with Crippen LogP contribution in [-0.4, -0.2) is 24.8 Å². The van der Waals surface area contributed by atoms with Gasteiger partial charge < -0.3 is 9.47 Å². The summed E-state index contributed by atoms with van der Waals surface area (Å²) in [6.07, 6.45) is 9.45. The molecule has 1 saturated heterocycles. The highest BCUT2D eigenvalue weighted by atomic mass is 16.6. The first-order chi connectivity index (χ1) is 11.3. The minimum absolute atomic E-state index is 0.00291. The van der Waals surface area contributed by atoms with Crippen molar-refractivity contribution < 1.29 is 14.3 Å². The highest BCUT2D eigenvalue weighted by Gasteiger charge is 2.72. The molecule has 24 heavy (non-hydrogen) atoms. The van der Waals surface area contributed by atoms with Crippen molar-refractivity contribution in [1.29, 1.82) is 0 Å². The first kappa shape index (κ1) is 16.6. The zero-order valence-corrected chi connectivity index (χ0v) is 15.9. The molecule has 4 aliphatic rings. The summed E-state index contributed by atoms with van der Waals surface area (Å²) in [4.78, 5) is 12.6. The standard InChI is InChI=1S/C21H32O3/c1-13(2)14-7-8-16-19(3)10-6-11-20(4,18(22)23-5)15(19)9-12-21(16)17(14)24-21/h7,13,15-17H,6,8-12H2,1-5H3/t15-,16+,17-,19-,20-,21+/m1/s1. The Labute approximate surface area is 146 Å². The van der Waals surface area contributed by atoms with Crippen LogP contribution in [0.1, 0.15) is 66.2 Å². The normalized spacial score (nSPS) is 49.6. The highest BCUT2D eigenvalue weighted by Crippen LogP contribution is 2.70. The third-order valence-corrected chi connectivity index (χ3v) is 8.12. The number of fused-ring (bicyclic) bond motifs is 2. The quantitative estimate of drug-likeness (QED) is 0.424. The number of carbonyl (C=O) groups is 1. The molecule has 0 unspecified atom stereocenters. The van der Waals surface area contributed by atoms with E-state index in [0.29, 0.717) is 23.9 Å². The molecule has 4 rings (SSSR count). The molecule has 0 aromatic carbocycles. The SMILES string of the molecule is COC(=O)[C@]1(C)CCC[C@]2(C)[C@H]1CC[C@@]13O[C@@H]1C(C(C)C)=CC[C@@H]23. The minimum Gasteiger partial charge on any atom is -0.469 e. The van der Waals surface area contributed by atoms with E-state index in [4.69, 9.17) is 9.47 Å². The van der Waals surface area contributed by atoms with Crippen LogP contribution < -0.4 is 0 Å². The Bertz CT molecular complexity index is 594. The zero-order valence-electron chi connectivity index (χ0n) is 15.9. The van der Waals surface area contributed by atoms with Gasteiger partial charge in [-0.2, -0.15) is 0 Å². The van der Waals surface area contributed by atoms with Crippen LogP contribution in [0.4, 0.5) is 0 Å². The summed E-state index contributed by atoms with van der Waals surface area (Å²) >= 11 is 0. The third kappa shape index (κ3) is 1.91. The predicted molar refractivity (Wildman–Crippen MR) is 93.4 cm³/mol. The minimum atomic E-state index is -0.324. The molecule has 3 nitrogen and oxygen atoms in total. The fraction of sp³-hybridized carbons (Fsp3) is 0.857. The lowest BCUT2D eigenvalue weighted by Crippen LogP contribution is -2.58. The van der Waals surface area contributed by atoms with Gasteiger partial charge in [0.1, 0.15) is 11.7 Å². The largest absolute Gasteiger partial charge is 0.469 e. The second-order valence-electron chi connectivity index (χ2n) is 9.46. The van der Waals surface area contributed by atoms with Gasteiger partial charge in [0, 0.05) is 0 Å². The van der Waals surface area contributed by atoms with Crippen LogP contribution in [0.3, 0.4) is 0 Å². The van der Waals surface area contributed by atoms with Crippen molar-refractivity contribution >= 4 is 5.97 Å². The van der Waals surface area contributed by atoms with Gasteiger partial charge in [-0.25, -0.2) is 0 Å². The maximum absolute atomic E-state index is 12.6. The molecule has 0 radical (unpaired) electrons. The Kier molecular flexibility index (Phi) is 3.53. The lowest BCUT2D eigenvalue weighted by atomic mass is 9.44. The molecular weight excluding hydrogens is 300 g/mol. The van der Waals surface area contributed by atoms with Crippen molar-refractivity contribution in [2.24, 2.45) is 28.6 Å². The van der Waals surface area contributed by atoms with Gasteiger partial charge in [0.2, 0.25) is 0 Å². The van der Waals surface area contributed by atoms with Crippen molar-refractivity contribution in [3.05, 3.63) is 11.6 Å². The van der Waals surface area contributed by atoms with Crippen LogP contribution in [0, 0.1) is 28.6 Å². The maximum atomic E-state index is 12.6. The summed E-state index contributed by atoms with van der Waals surface area (Å²) in [5.74, 6) is 1.55. The summed E-state index contributed by atoms with van der Waals surface area (Å²) in [5, 5.41) is 0. The number of hydrogen-bond donors (Lipinski definition) is 0. The molecule has 1 spiro atoms. The number of ether oxygens (including phenoxy) is 2. The second-order valence-corrected chi connectivity index (χ2v) is 9.46. The fourth-order valence-corrected chi connectivity index (χ4v) is 6.92. The molecule has 0 amide bonds. The van der Waals surface area contributed by atoms with Crippen LogP contribution in [0.5, 0.6) is 0 Å². The Morgan fingerprint density at radius 3 is 2.67 bits per heavy atom. The summed E-state index contributed by atoms with van der Waals surface area (Å²) in [6.45, 7) is 9.16. The topological polar surface area (TPSA) is 38.8 Å². The number of allylic oxidation sites excluding steroid dienone is 1. The van der Waals surface area contributed by atoms with Gasteiger partial charge >= 0.3 is 5.97 Å². The van der Waals surface area contributed by atoms with E-state index >= 15 is 0 Å². The van der Waals surface area contributed by atoms with Crippen LogP contribution in [-0.2, 0) is 14.3 Å². The Hall–Kier alpha value is -0.830. The number of methoxy groups -OCH3 is 1. The molecule has 3 heteroatoms. The van der Waals surface area contributed by atoms with Gasteiger partial charge in [-0.3, -0.25) is 4.79 Å². The lowest BCUT2D eigenvalue weighted by molar-refractivity contribution is -0.174. The van der Waals surface area contributed by atoms with Crippen LogP contribution >= 0.6 is 0 Å². The van der Waals surface area contributed by atoms with Crippen molar-refractivity contribution in [3.8, 4) is 0 Å². The van der Waals surface area contributed by atoms with Gasteiger partial charge in [0.25, 0.3) is 0 Å². The average molecular weight is 332 g/mol. The van der Waals surface area contributed by atoms with E-state index in [1.54, 1.807) is 7.11 Å². The molecule has 1 aliphatic heterocycles. The number of rotatable bonds is 2. The number of esters is 1. The molecule has 0 N–H and O–H groups in total. The molecule has 3 aliphatic carbocycles. The van der Waals surface area contributed by atoms with E-state index < -0.39 is 0 Å². The molecular formula is C21H32O3. The molecule has 0 bridgehead atoms. The van der Waals surface area contributed by atoms with Crippen LogP contribution in [0.25, 0.3) is 0 Å². The first-order valence-electron chi connectivity index (χ1n) is 9.76. The Morgan fingerprint density at radius 1 is 1.25 bits per heavy atom. The monoisotopic (exact) mass is 332 g/mol. The number of hydrogen-bond acceptors (Lipinski definition) is 3. The number of epoxide rings is 1. The molecule has 0 aromatic rings. The van der Waals surface area contributed by atoms with Gasteiger partial charge in [-0.1, -0.05) is 33.3 Å². The van der Waals surface area contributed by atoms with Gasteiger partial charge in [0.05, 0.1) is 12.5 Å². The summed E-state index contributed by atoms with van der Waals surface area (Å²) in [7, 11) is 1.54. The molecule has 134 valence electrons. The van der Waals surface area contributed by atoms with E-state index in [2.05, 4.69) is 33.8 Å². The third-order valence-electron chi connectivity index (χ3n) is 8.12. The number of carbonyl (C=O) groups excluding carboxylic acids is 1. The first-order valence-corrected chi connectivity index (χ1v) is 9.76. The molecule has 6 atom stereocenters. The summed E-state index contributed by atoms with van der Waals surface area (Å²) in [6, 6.07) is 0. The molecule has 0 aromatic heterocycles. The summed E-state index contributed by atoms with van der Waals surface area (Å²) in [5.41, 5.74) is 1.46. The van der Waals surface area contributed by atoms with Gasteiger partial charge in [-0.15, -0.1) is 0 Å². The van der Waals surface area contributed by atoms with E-state index in [-0.39, 0.29) is 22.4 Å². The summed E-state index contributed by atoms with van der Waals surface area (Å²) < 4.78 is 11.7. The predicted octanol–water partition coefficient (Wildman–Crippen LogP) is 4.51. The van der Waals surface area contributed by atoms with E-state index in [1.807, 2.05) is 0 Å². The van der Waals surface area contributed by atoms with Crippen LogP contribution in [0.2, 0.25) is 0 Å².